The molecule has 0 saturated carbocycles. The van der Waals surface area contributed by atoms with Crippen LogP contribution in [-0.2, 0) is 17.6 Å². The number of nitrogens with two attached hydrogens (primary N) is 1. The van der Waals surface area contributed by atoms with Crippen molar-refractivity contribution in [3.05, 3.63) is 59.7 Å². The van der Waals surface area contributed by atoms with Gasteiger partial charge in [0.15, 0.2) is 0 Å². The summed E-state index contributed by atoms with van der Waals surface area (Å²) in [6.07, 6.45) is 1.18. The third-order valence-electron chi connectivity index (χ3n) is 3.59. The summed E-state index contributed by atoms with van der Waals surface area (Å²) in [6.45, 7) is 5.55. The lowest BCUT2D eigenvalue weighted by Crippen LogP contribution is -2.27. The summed E-state index contributed by atoms with van der Waals surface area (Å²) in [4.78, 5) is 12.0. The number of carbonyl (C=O) groups is 1. The predicted molar refractivity (Wildman–Crippen MR) is 105 cm³/mol. The highest BCUT2D eigenvalue weighted by Gasteiger charge is 2.04. The first kappa shape index (κ1) is 20.8. The number of anilines is 1. The summed E-state index contributed by atoms with van der Waals surface area (Å²) in [5.41, 5.74) is 8.55. The molecule has 0 heterocycles. The highest BCUT2D eigenvalue weighted by molar-refractivity contribution is 5.85. The van der Waals surface area contributed by atoms with Gasteiger partial charge in [-0.05, 0) is 47.7 Å². The Morgan fingerprint density at radius 2 is 1.64 bits per heavy atom. The Labute approximate surface area is 156 Å². The molecule has 0 bridgehead atoms. The van der Waals surface area contributed by atoms with Gasteiger partial charge in [0.25, 0.3) is 0 Å². The molecule has 0 unspecified atom stereocenters. The van der Waals surface area contributed by atoms with Crippen LogP contribution in [0.4, 0.5) is 5.69 Å². The van der Waals surface area contributed by atoms with Gasteiger partial charge in [0, 0.05) is 12.2 Å². The van der Waals surface area contributed by atoms with Crippen LogP contribution in [0.5, 0.6) is 5.75 Å². The molecular formula is C20H27ClN2O2. The number of rotatable bonds is 8. The third-order valence-corrected chi connectivity index (χ3v) is 3.59. The van der Waals surface area contributed by atoms with Crippen molar-refractivity contribution in [2.24, 2.45) is 5.92 Å². The van der Waals surface area contributed by atoms with Gasteiger partial charge in [0.1, 0.15) is 5.75 Å². The van der Waals surface area contributed by atoms with E-state index < -0.39 is 0 Å². The second-order valence-electron chi connectivity index (χ2n) is 6.37. The summed E-state index contributed by atoms with van der Waals surface area (Å²) in [5, 5.41) is 2.95. The Hall–Kier alpha value is -2.20. The van der Waals surface area contributed by atoms with E-state index in [4.69, 9.17) is 10.5 Å². The molecule has 136 valence electrons. The van der Waals surface area contributed by atoms with Gasteiger partial charge < -0.3 is 15.8 Å². The minimum Gasteiger partial charge on any atom is -0.493 e. The van der Waals surface area contributed by atoms with Crippen molar-refractivity contribution in [1.29, 1.82) is 0 Å². The van der Waals surface area contributed by atoms with E-state index >= 15 is 0 Å². The molecule has 0 saturated heterocycles. The molecule has 2 rings (SSSR count). The second-order valence-corrected chi connectivity index (χ2v) is 6.37. The molecular weight excluding hydrogens is 336 g/mol. The fraction of sp³-hybridized carbons (Fsp3) is 0.350. The van der Waals surface area contributed by atoms with Crippen LogP contribution < -0.4 is 15.8 Å². The average molecular weight is 363 g/mol. The van der Waals surface area contributed by atoms with Gasteiger partial charge in [-0.2, -0.15) is 0 Å². The highest BCUT2D eigenvalue weighted by Crippen LogP contribution is 2.13. The maximum atomic E-state index is 12.0. The molecule has 1 amide bonds. The second kappa shape index (κ2) is 10.6. The Balaban J connectivity index is 0.00000312. The number of halogens is 1. The number of carbonyl (C=O) groups excluding carboxylic acids is 1. The predicted octanol–water partition coefficient (Wildman–Crippen LogP) is 3.63. The van der Waals surface area contributed by atoms with Crippen molar-refractivity contribution in [2.45, 2.75) is 26.7 Å². The lowest BCUT2D eigenvalue weighted by molar-refractivity contribution is -0.120. The number of ether oxygens (including phenoxy) is 1. The first-order valence-corrected chi connectivity index (χ1v) is 8.36. The molecule has 0 fully saturated rings. The quantitative estimate of drug-likeness (QED) is 0.705. The van der Waals surface area contributed by atoms with Crippen LogP contribution in [-0.4, -0.2) is 19.1 Å². The van der Waals surface area contributed by atoms with Crippen LogP contribution in [0, 0.1) is 5.92 Å². The highest BCUT2D eigenvalue weighted by atomic mass is 35.5. The standard InChI is InChI=1S/C20H26N2O2.ClH/c1-15(2)14-24-19-9-5-17(6-10-19)13-20(23)22-12-11-16-3-7-18(21)8-4-16;/h3-10,15H,11-14,21H2,1-2H3,(H,22,23);1H. The topological polar surface area (TPSA) is 64.3 Å². The molecule has 0 aliphatic heterocycles. The zero-order valence-electron chi connectivity index (χ0n) is 14.8. The number of hydrogen-bond donors (Lipinski definition) is 2. The molecule has 25 heavy (non-hydrogen) atoms. The zero-order valence-corrected chi connectivity index (χ0v) is 15.6. The van der Waals surface area contributed by atoms with Crippen LogP contribution in [0.25, 0.3) is 0 Å². The number of nitrogen functional groups attached to an aromatic ring is 1. The largest absolute Gasteiger partial charge is 0.493 e. The maximum absolute atomic E-state index is 12.0. The number of nitrogens with one attached hydrogen (secondary N) is 1. The zero-order chi connectivity index (χ0) is 17.4. The molecule has 0 radical (unpaired) electrons. The van der Waals surface area contributed by atoms with Crippen LogP contribution in [0.2, 0.25) is 0 Å². The van der Waals surface area contributed by atoms with Crippen molar-refractivity contribution < 1.29 is 9.53 Å². The third kappa shape index (κ3) is 7.94. The van der Waals surface area contributed by atoms with Crippen LogP contribution >= 0.6 is 12.4 Å². The van der Waals surface area contributed by atoms with Crippen LogP contribution in [0.3, 0.4) is 0 Å². The lowest BCUT2D eigenvalue weighted by atomic mass is 10.1. The molecule has 0 spiro atoms. The number of benzene rings is 2. The first-order chi connectivity index (χ1) is 11.5. The van der Waals surface area contributed by atoms with E-state index in [9.17, 15) is 4.79 Å². The fourth-order valence-electron chi connectivity index (χ4n) is 2.24. The molecule has 2 aromatic rings. The van der Waals surface area contributed by atoms with Gasteiger partial charge in [-0.3, -0.25) is 4.79 Å². The Morgan fingerprint density at radius 1 is 1.04 bits per heavy atom. The summed E-state index contributed by atoms with van der Waals surface area (Å²) < 4.78 is 5.64. The van der Waals surface area contributed by atoms with E-state index in [-0.39, 0.29) is 18.3 Å². The Bertz CT molecular complexity index is 640. The summed E-state index contributed by atoms with van der Waals surface area (Å²) in [5.74, 6) is 1.37. The van der Waals surface area contributed by atoms with E-state index in [2.05, 4.69) is 19.2 Å². The van der Waals surface area contributed by atoms with Gasteiger partial charge in [-0.25, -0.2) is 0 Å². The van der Waals surface area contributed by atoms with E-state index in [1.807, 2.05) is 48.5 Å². The molecule has 4 nitrogen and oxygen atoms in total. The van der Waals surface area contributed by atoms with E-state index in [1.165, 1.54) is 0 Å². The number of amides is 1. The maximum Gasteiger partial charge on any atom is 0.224 e. The molecule has 0 atom stereocenters. The van der Waals surface area contributed by atoms with Crippen molar-refractivity contribution in [3.8, 4) is 5.75 Å². The van der Waals surface area contributed by atoms with Crippen molar-refractivity contribution >= 4 is 24.0 Å². The molecule has 0 aromatic heterocycles. The fourth-order valence-corrected chi connectivity index (χ4v) is 2.24. The molecule has 5 heteroatoms. The van der Waals surface area contributed by atoms with Gasteiger partial charge in [0.2, 0.25) is 5.91 Å². The minimum absolute atomic E-state index is 0. The van der Waals surface area contributed by atoms with E-state index in [0.717, 1.165) is 29.0 Å². The van der Waals surface area contributed by atoms with Crippen molar-refractivity contribution in [2.75, 3.05) is 18.9 Å². The summed E-state index contributed by atoms with van der Waals surface area (Å²) in [6, 6.07) is 15.4. The SMILES string of the molecule is CC(C)COc1ccc(CC(=O)NCCc2ccc(N)cc2)cc1.Cl. The number of hydrogen-bond acceptors (Lipinski definition) is 3. The van der Waals surface area contributed by atoms with E-state index in [0.29, 0.717) is 25.5 Å². The van der Waals surface area contributed by atoms with Crippen LogP contribution in [0.15, 0.2) is 48.5 Å². The van der Waals surface area contributed by atoms with Gasteiger partial charge in [-0.15, -0.1) is 12.4 Å². The molecule has 0 aliphatic rings. The molecule has 3 N–H and O–H groups in total. The van der Waals surface area contributed by atoms with Gasteiger partial charge in [0.05, 0.1) is 13.0 Å². The summed E-state index contributed by atoms with van der Waals surface area (Å²) in [7, 11) is 0. The van der Waals surface area contributed by atoms with Crippen molar-refractivity contribution in [3.63, 3.8) is 0 Å². The van der Waals surface area contributed by atoms with Gasteiger partial charge in [-0.1, -0.05) is 38.1 Å². The van der Waals surface area contributed by atoms with Gasteiger partial charge >= 0.3 is 0 Å². The minimum atomic E-state index is 0. The molecule has 0 aliphatic carbocycles. The average Bonchev–Trinajstić information content (AvgIpc) is 2.56. The molecule has 2 aromatic carbocycles. The lowest BCUT2D eigenvalue weighted by Gasteiger charge is -2.09. The normalized spacial score (nSPS) is 10.2. The van der Waals surface area contributed by atoms with Crippen molar-refractivity contribution in [1.82, 2.24) is 5.32 Å². The monoisotopic (exact) mass is 362 g/mol. The Morgan fingerprint density at radius 3 is 2.24 bits per heavy atom. The Kier molecular flexibility index (Phi) is 8.86. The van der Waals surface area contributed by atoms with Crippen LogP contribution in [0.1, 0.15) is 25.0 Å². The summed E-state index contributed by atoms with van der Waals surface area (Å²) >= 11 is 0. The van der Waals surface area contributed by atoms with E-state index in [1.54, 1.807) is 0 Å². The smallest absolute Gasteiger partial charge is 0.224 e. The first-order valence-electron chi connectivity index (χ1n) is 8.36.